The SMILES string of the molecule is C=CC[C@H]1C(=O)Nc2ccccc2C[C@H]1c1ccc(OC)cc1. The minimum absolute atomic E-state index is 0.0654. The van der Waals surface area contributed by atoms with Gasteiger partial charge < -0.3 is 10.1 Å². The summed E-state index contributed by atoms with van der Waals surface area (Å²) in [6.45, 7) is 3.82. The maximum atomic E-state index is 12.7. The lowest BCUT2D eigenvalue weighted by Crippen LogP contribution is -2.26. The van der Waals surface area contributed by atoms with Crippen LogP contribution in [0.15, 0.2) is 61.2 Å². The van der Waals surface area contributed by atoms with Gasteiger partial charge in [0.25, 0.3) is 0 Å². The third kappa shape index (κ3) is 3.14. The summed E-state index contributed by atoms with van der Waals surface area (Å²) in [6.07, 6.45) is 3.33. The molecule has 0 bridgehead atoms. The van der Waals surface area contributed by atoms with E-state index in [4.69, 9.17) is 4.74 Å². The van der Waals surface area contributed by atoms with Crippen LogP contribution in [0, 0.1) is 5.92 Å². The van der Waals surface area contributed by atoms with Gasteiger partial charge in [-0.1, -0.05) is 36.4 Å². The van der Waals surface area contributed by atoms with Gasteiger partial charge in [-0.15, -0.1) is 6.58 Å². The number of rotatable bonds is 4. The van der Waals surface area contributed by atoms with Crippen molar-refractivity contribution in [3.63, 3.8) is 0 Å². The van der Waals surface area contributed by atoms with Gasteiger partial charge in [0.15, 0.2) is 0 Å². The fourth-order valence-electron chi connectivity index (χ4n) is 3.26. The number of nitrogens with one attached hydrogen (secondary N) is 1. The standard InChI is InChI=1S/C20H21NO2/c1-3-6-17-18(14-9-11-16(23-2)12-10-14)13-15-7-4-5-8-19(15)21-20(17)22/h3-5,7-12,17-18H,1,6,13H2,2H3,(H,21,22)/t17-,18+/m1/s1. The number of para-hydroxylation sites is 1. The molecular formula is C20H21NO2. The van der Waals surface area contributed by atoms with E-state index in [0.717, 1.165) is 23.4 Å². The van der Waals surface area contributed by atoms with Crippen molar-refractivity contribution >= 4 is 11.6 Å². The zero-order valence-corrected chi connectivity index (χ0v) is 13.3. The predicted octanol–water partition coefficient (Wildman–Crippen LogP) is 4.17. The van der Waals surface area contributed by atoms with Gasteiger partial charge in [0.05, 0.1) is 7.11 Å². The first kappa shape index (κ1) is 15.3. The Kier molecular flexibility index (Phi) is 4.47. The molecule has 1 aliphatic heterocycles. The summed E-state index contributed by atoms with van der Waals surface area (Å²) >= 11 is 0. The van der Waals surface area contributed by atoms with E-state index in [0.29, 0.717) is 6.42 Å². The number of carbonyl (C=O) groups excluding carboxylic acids is 1. The number of methoxy groups -OCH3 is 1. The second kappa shape index (κ2) is 6.69. The van der Waals surface area contributed by atoms with E-state index in [2.05, 4.69) is 30.1 Å². The molecule has 23 heavy (non-hydrogen) atoms. The van der Waals surface area contributed by atoms with E-state index in [1.54, 1.807) is 7.11 Å². The van der Waals surface area contributed by atoms with Gasteiger partial charge in [-0.25, -0.2) is 0 Å². The van der Waals surface area contributed by atoms with Gasteiger partial charge in [-0.05, 0) is 48.1 Å². The van der Waals surface area contributed by atoms with E-state index < -0.39 is 0 Å². The van der Waals surface area contributed by atoms with E-state index in [1.165, 1.54) is 5.56 Å². The molecular weight excluding hydrogens is 286 g/mol. The van der Waals surface area contributed by atoms with Gasteiger partial charge in [-0.2, -0.15) is 0 Å². The van der Waals surface area contributed by atoms with Crippen LogP contribution in [0.3, 0.4) is 0 Å². The summed E-state index contributed by atoms with van der Waals surface area (Å²) in [5.74, 6) is 0.902. The predicted molar refractivity (Wildman–Crippen MR) is 92.8 cm³/mol. The van der Waals surface area contributed by atoms with Gasteiger partial charge in [0, 0.05) is 11.6 Å². The molecule has 1 N–H and O–H groups in total. The van der Waals surface area contributed by atoms with Gasteiger partial charge in [0.2, 0.25) is 5.91 Å². The first-order valence-corrected chi connectivity index (χ1v) is 7.86. The van der Waals surface area contributed by atoms with Crippen LogP contribution < -0.4 is 10.1 Å². The van der Waals surface area contributed by atoms with Crippen LogP contribution in [0.4, 0.5) is 5.69 Å². The second-order valence-corrected chi connectivity index (χ2v) is 5.86. The zero-order valence-electron chi connectivity index (χ0n) is 13.3. The van der Waals surface area contributed by atoms with Crippen LogP contribution in [-0.2, 0) is 11.2 Å². The fraction of sp³-hybridized carbons (Fsp3) is 0.250. The highest BCUT2D eigenvalue weighted by Gasteiger charge is 2.32. The average molecular weight is 307 g/mol. The summed E-state index contributed by atoms with van der Waals surface area (Å²) in [5.41, 5.74) is 3.25. The van der Waals surface area contributed by atoms with Crippen LogP contribution in [0.2, 0.25) is 0 Å². The molecule has 3 rings (SSSR count). The van der Waals surface area contributed by atoms with Crippen LogP contribution in [0.25, 0.3) is 0 Å². The topological polar surface area (TPSA) is 38.3 Å². The second-order valence-electron chi connectivity index (χ2n) is 5.86. The largest absolute Gasteiger partial charge is 0.497 e. The molecule has 0 unspecified atom stereocenters. The molecule has 2 aromatic carbocycles. The van der Waals surface area contributed by atoms with E-state index in [-0.39, 0.29) is 17.7 Å². The van der Waals surface area contributed by atoms with Gasteiger partial charge in [-0.3, -0.25) is 4.79 Å². The first-order valence-electron chi connectivity index (χ1n) is 7.86. The van der Waals surface area contributed by atoms with Crippen LogP contribution >= 0.6 is 0 Å². The molecule has 0 saturated carbocycles. The molecule has 1 amide bonds. The summed E-state index contributed by atoms with van der Waals surface area (Å²) in [6, 6.07) is 16.0. The molecule has 1 aliphatic rings. The highest BCUT2D eigenvalue weighted by atomic mass is 16.5. The smallest absolute Gasteiger partial charge is 0.228 e. The molecule has 0 saturated heterocycles. The molecule has 0 aliphatic carbocycles. The van der Waals surface area contributed by atoms with Gasteiger partial charge >= 0.3 is 0 Å². The van der Waals surface area contributed by atoms with E-state index >= 15 is 0 Å². The quantitative estimate of drug-likeness (QED) is 0.861. The Balaban J connectivity index is 2.01. The Hall–Kier alpha value is -2.55. The summed E-state index contributed by atoms with van der Waals surface area (Å²) in [4.78, 5) is 12.7. The number of fused-ring (bicyclic) bond motifs is 1. The molecule has 2 atom stereocenters. The fourth-order valence-corrected chi connectivity index (χ4v) is 3.26. The van der Waals surface area contributed by atoms with Crippen LogP contribution in [0.1, 0.15) is 23.5 Å². The summed E-state index contributed by atoms with van der Waals surface area (Å²) in [5, 5.41) is 3.07. The van der Waals surface area contributed by atoms with Crippen molar-refractivity contribution in [1.29, 1.82) is 0 Å². The summed E-state index contributed by atoms with van der Waals surface area (Å²) in [7, 11) is 1.66. The Morgan fingerprint density at radius 3 is 2.65 bits per heavy atom. The van der Waals surface area contributed by atoms with Crippen molar-refractivity contribution in [2.75, 3.05) is 12.4 Å². The Bertz CT molecular complexity index is 706. The Labute approximate surface area is 137 Å². The lowest BCUT2D eigenvalue weighted by molar-refractivity contribution is -0.120. The number of benzene rings is 2. The number of carbonyl (C=O) groups is 1. The van der Waals surface area contributed by atoms with E-state index in [1.807, 2.05) is 36.4 Å². The first-order chi connectivity index (χ1) is 11.2. The lowest BCUT2D eigenvalue weighted by atomic mass is 9.80. The Morgan fingerprint density at radius 1 is 1.22 bits per heavy atom. The zero-order chi connectivity index (χ0) is 16.2. The minimum Gasteiger partial charge on any atom is -0.497 e. The van der Waals surface area contributed by atoms with Crippen molar-refractivity contribution in [2.24, 2.45) is 5.92 Å². The highest BCUT2D eigenvalue weighted by Crippen LogP contribution is 2.37. The molecule has 2 aromatic rings. The van der Waals surface area contributed by atoms with Gasteiger partial charge in [0.1, 0.15) is 5.75 Å². The van der Waals surface area contributed by atoms with E-state index in [9.17, 15) is 4.79 Å². The number of hydrogen-bond donors (Lipinski definition) is 1. The highest BCUT2D eigenvalue weighted by molar-refractivity contribution is 5.95. The molecule has 118 valence electrons. The molecule has 3 nitrogen and oxygen atoms in total. The number of allylic oxidation sites excluding steroid dienone is 1. The third-order valence-electron chi connectivity index (χ3n) is 4.50. The third-order valence-corrected chi connectivity index (χ3v) is 4.50. The molecule has 1 heterocycles. The molecule has 0 aromatic heterocycles. The average Bonchev–Trinajstić information content (AvgIpc) is 2.72. The number of ether oxygens (including phenoxy) is 1. The number of anilines is 1. The van der Waals surface area contributed by atoms with Crippen molar-refractivity contribution < 1.29 is 9.53 Å². The number of amides is 1. The number of hydrogen-bond acceptors (Lipinski definition) is 2. The lowest BCUT2D eigenvalue weighted by Gasteiger charge is -2.23. The maximum absolute atomic E-state index is 12.7. The van der Waals surface area contributed by atoms with Crippen molar-refractivity contribution in [3.8, 4) is 5.75 Å². The molecule has 0 spiro atoms. The minimum atomic E-state index is -0.117. The van der Waals surface area contributed by atoms with Crippen molar-refractivity contribution in [1.82, 2.24) is 0 Å². The summed E-state index contributed by atoms with van der Waals surface area (Å²) < 4.78 is 5.24. The molecule has 3 heteroatoms. The van der Waals surface area contributed by atoms with Crippen molar-refractivity contribution in [2.45, 2.75) is 18.8 Å². The van der Waals surface area contributed by atoms with Crippen LogP contribution in [0.5, 0.6) is 5.75 Å². The maximum Gasteiger partial charge on any atom is 0.228 e. The Morgan fingerprint density at radius 2 is 1.96 bits per heavy atom. The van der Waals surface area contributed by atoms with Crippen LogP contribution in [-0.4, -0.2) is 13.0 Å². The normalized spacial score (nSPS) is 20.1. The monoisotopic (exact) mass is 307 g/mol. The molecule has 0 radical (unpaired) electrons. The molecule has 0 fully saturated rings. The van der Waals surface area contributed by atoms with Crippen molar-refractivity contribution in [3.05, 3.63) is 72.3 Å².